The molecule has 170 valence electrons. The topological polar surface area (TPSA) is 34.1 Å². The summed E-state index contributed by atoms with van der Waals surface area (Å²) in [4.78, 5) is 27.5. The first-order valence-electron chi connectivity index (χ1n) is 11.2. The van der Waals surface area contributed by atoms with Crippen LogP contribution in [0, 0.1) is 0 Å². The Labute approximate surface area is 236 Å². The Kier molecular flexibility index (Phi) is 4.30. The van der Waals surface area contributed by atoms with E-state index in [0.717, 1.165) is 71.8 Å². The summed E-state index contributed by atoms with van der Waals surface area (Å²) in [7, 11) is 0. The van der Waals surface area contributed by atoms with Crippen molar-refractivity contribution >= 4 is 139 Å². The molecule has 0 aliphatic heterocycles. The number of hydrogen-bond donors (Lipinski definition) is 0. The fourth-order valence-corrected chi connectivity index (χ4v) is 9.06. The summed E-state index contributed by atoms with van der Waals surface area (Å²) in [5.74, 6) is 0. The maximum atomic E-state index is 13.9. The first kappa shape index (κ1) is 21.7. The minimum atomic E-state index is -0.0106. The van der Waals surface area contributed by atoms with E-state index in [9.17, 15) is 9.59 Å². The lowest BCUT2D eigenvalue weighted by Crippen LogP contribution is -2.07. The predicted octanol–water partition coefficient (Wildman–Crippen LogP) is 9.84. The van der Waals surface area contributed by atoms with Gasteiger partial charge in [0.25, 0.3) is 0 Å². The van der Waals surface area contributed by atoms with Crippen molar-refractivity contribution in [3.05, 3.63) is 99.0 Å². The third-order valence-corrected chi connectivity index (χ3v) is 10.2. The summed E-state index contributed by atoms with van der Waals surface area (Å²) in [6.07, 6.45) is 0. The van der Waals surface area contributed by atoms with Crippen LogP contribution in [0.1, 0.15) is 0 Å². The molecular weight excluding hydrogens is 712 g/mol. The fraction of sp³-hybridized carbons (Fsp3) is 0. The number of benzene rings is 8. The molecule has 8 aromatic rings. The molecule has 0 unspecified atom stereocenters. The van der Waals surface area contributed by atoms with E-state index >= 15 is 0 Å². The third-order valence-electron chi connectivity index (χ3n) is 7.54. The molecule has 0 spiro atoms. The summed E-state index contributed by atoms with van der Waals surface area (Å²) in [5, 5.41) is 12.4. The Morgan fingerprint density at radius 2 is 1.11 bits per heavy atom. The van der Waals surface area contributed by atoms with Gasteiger partial charge in [0, 0.05) is 71.8 Å². The van der Waals surface area contributed by atoms with Crippen molar-refractivity contribution in [1.29, 1.82) is 0 Å². The first-order valence-corrected chi connectivity index (χ1v) is 14.4. The van der Waals surface area contributed by atoms with Gasteiger partial charge in [-0.25, -0.2) is 0 Å². The highest BCUT2D eigenvalue weighted by molar-refractivity contribution is 9.11. The fourth-order valence-electron chi connectivity index (χ4n) is 6.17. The van der Waals surface area contributed by atoms with Crippen LogP contribution in [0.15, 0.2) is 88.1 Å². The lowest BCUT2D eigenvalue weighted by Gasteiger charge is -2.22. The summed E-state index contributed by atoms with van der Waals surface area (Å²) < 4.78 is 3.38. The summed E-state index contributed by atoms with van der Waals surface area (Å²) >= 11 is 15.2. The molecule has 0 atom stereocenters. The molecule has 0 radical (unpaired) electrons. The van der Waals surface area contributed by atoms with Gasteiger partial charge in [-0.15, -0.1) is 0 Å². The average Bonchev–Trinajstić information content (AvgIpc) is 2.86. The monoisotopic (exact) mass is 718 g/mol. The van der Waals surface area contributed by atoms with Gasteiger partial charge in [-0.3, -0.25) is 9.59 Å². The SMILES string of the molecule is O=c1c2ccccc2c2cc3cc(Br)c4c(=O)c5cccc(Br)c5c5c(Br)c6c(Br)cc1c2c6c3c45. The van der Waals surface area contributed by atoms with Gasteiger partial charge < -0.3 is 0 Å². The van der Waals surface area contributed by atoms with Crippen molar-refractivity contribution in [2.75, 3.05) is 0 Å². The van der Waals surface area contributed by atoms with Gasteiger partial charge in [-0.05, 0) is 77.7 Å². The molecule has 8 aromatic carbocycles. The second-order valence-electron chi connectivity index (χ2n) is 9.22. The average molecular weight is 722 g/mol. The lowest BCUT2D eigenvalue weighted by molar-refractivity contribution is 1.68. The van der Waals surface area contributed by atoms with E-state index in [0.29, 0.717) is 21.5 Å². The first-order chi connectivity index (χ1) is 17.4. The van der Waals surface area contributed by atoms with Crippen LogP contribution in [0.2, 0.25) is 0 Å². The molecule has 0 aliphatic carbocycles. The molecule has 0 fully saturated rings. The van der Waals surface area contributed by atoms with Crippen LogP contribution < -0.4 is 10.9 Å². The van der Waals surface area contributed by atoms with E-state index in [1.807, 2.05) is 54.6 Å². The second kappa shape index (κ2) is 7.13. The van der Waals surface area contributed by atoms with Crippen LogP contribution in [0.4, 0.5) is 0 Å². The highest BCUT2D eigenvalue weighted by Gasteiger charge is 2.26. The van der Waals surface area contributed by atoms with Crippen molar-refractivity contribution < 1.29 is 0 Å². The zero-order valence-electron chi connectivity index (χ0n) is 18.1. The van der Waals surface area contributed by atoms with Crippen molar-refractivity contribution in [2.45, 2.75) is 0 Å². The minimum absolute atomic E-state index is 0.0106. The van der Waals surface area contributed by atoms with Gasteiger partial charge in [0.1, 0.15) is 0 Å². The Morgan fingerprint density at radius 3 is 1.92 bits per heavy atom. The van der Waals surface area contributed by atoms with Crippen molar-refractivity contribution in [3.8, 4) is 0 Å². The van der Waals surface area contributed by atoms with Gasteiger partial charge in [0.2, 0.25) is 0 Å². The molecule has 0 amide bonds. The van der Waals surface area contributed by atoms with E-state index < -0.39 is 0 Å². The Hall–Kier alpha value is -2.38. The van der Waals surface area contributed by atoms with E-state index in [1.165, 1.54) is 0 Å². The summed E-state index contributed by atoms with van der Waals surface area (Å²) in [6, 6.07) is 19.7. The smallest absolute Gasteiger partial charge is 0.195 e. The van der Waals surface area contributed by atoms with Crippen LogP contribution in [0.5, 0.6) is 0 Å². The van der Waals surface area contributed by atoms with Gasteiger partial charge in [0.15, 0.2) is 10.9 Å². The van der Waals surface area contributed by atoms with Gasteiger partial charge in [0.05, 0.1) is 0 Å². The molecular formula is C30H10Br4O2. The summed E-state index contributed by atoms with van der Waals surface area (Å²) in [6.45, 7) is 0. The maximum Gasteiger partial charge on any atom is 0.195 e. The highest BCUT2D eigenvalue weighted by Crippen LogP contribution is 2.52. The molecule has 0 aliphatic rings. The third kappa shape index (κ3) is 2.42. The Bertz CT molecular complexity index is 2400. The van der Waals surface area contributed by atoms with Crippen LogP contribution >= 0.6 is 63.7 Å². The van der Waals surface area contributed by atoms with E-state index in [1.54, 1.807) is 0 Å². The number of hydrogen-bond acceptors (Lipinski definition) is 2. The minimum Gasteiger partial charge on any atom is -0.289 e. The summed E-state index contributed by atoms with van der Waals surface area (Å²) in [5.41, 5.74) is 0.00860. The molecule has 2 nitrogen and oxygen atoms in total. The molecule has 8 rings (SSSR count). The quantitative estimate of drug-likeness (QED) is 0.115. The molecule has 0 N–H and O–H groups in total. The van der Waals surface area contributed by atoms with E-state index in [-0.39, 0.29) is 10.9 Å². The second-order valence-corrected chi connectivity index (χ2v) is 12.6. The lowest BCUT2D eigenvalue weighted by atomic mass is 9.84. The van der Waals surface area contributed by atoms with Crippen LogP contribution in [-0.2, 0) is 0 Å². The standard InChI is InChI=1S/C30H10Br4O2/c31-17-7-3-6-14-22(17)27-26-20-11(9-18(32)24(26)30(14)36)8-15-12-4-1-2-5-13(12)29(35)16-10-19(33)23(28(27)34)25(20)21(15)16/h1-10H. The van der Waals surface area contributed by atoms with Crippen molar-refractivity contribution in [2.24, 2.45) is 0 Å². The molecule has 6 heteroatoms. The number of halogens is 4. The van der Waals surface area contributed by atoms with Gasteiger partial charge in [-0.2, -0.15) is 0 Å². The largest absolute Gasteiger partial charge is 0.289 e. The zero-order chi connectivity index (χ0) is 24.6. The predicted molar refractivity (Wildman–Crippen MR) is 166 cm³/mol. The van der Waals surface area contributed by atoms with Crippen LogP contribution in [-0.4, -0.2) is 0 Å². The Balaban J connectivity index is 1.88. The molecule has 0 saturated heterocycles. The van der Waals surface area contributed by atoms with Gasteiger partial charge in [-0.1, -0.05) is 68.3 Å². The zero-order valence-corrected chi connectivity index (χ0v) is 24.4. The maximum absolute atomic E-state index is 13.9. The molecule has 0 heterocycles. The van der Waals surface area contributed by atoms with Crippen molar-refractivity contribution in [1.82, 2.24) is 0 Å². The molecule has 0 bridgehead atoms. The number of fused-ring (bicyclic) bond motifs is 4. The normalized spacial score (nSPS) is 12.7. The molecule has 0 saturated carbocycles. The number of rotatable bonds is 0. The van der Waals surface area contributed by atoms with E-state index in [2.05, 4.69) is 69.8 Å². The van der Waals surface area contributed by atoms with Gasteiger partial charge >= 0.3 is 0 Å². The molecule has 0 aromatic heterocycles. The van der Waals surface area contributed by atoms with Crippen LogP contribution in [0.25, 0.3) is 75.4 Å². The molecule has 36 heavy (non-hydrogen) atoms. The highest BCUT2D eigenvalue weighted by atomic mass is 79.9. The Morgan fingerprint density at radius 1 is 0.417 bits per heavy atom. The van der Waals surface area contributed by atoms with Crippen molar-refractivity contribution in [3.63, 3.8) is 0 Å². The van der Waals surface area contributed by atoms with Crippen LogP contribution in [0.3, 0.4) is 0 Å². The van der Waals surface area contributed by atoms with E-state index in [4.69, 9.17) is 0 Å².